The van der Waals surface area contributed by atoms with E-state index in [0.29, 0.717) is 16.9 Å². The third kappa shape index (κ3) is 7.86. The van der Waals surface area contributed by atoms with Crippen LogP contribution in [0.1, 0.15) is 45.0 Å². The second-order valence-electron chi connectivity index (χ2n) is 10.2. The van der Waals surface area contributed by atoms with Crippen LogP contribution < -0.4 is 10.5 Å². The fraction of sp³-hybridized carbons (Fsp3) is 0.200. The number of carbonyl (C=O) groups excluding carboxylic acids is 2. The minimum Gasteiger partial charge on any atom is -0.493 e. The number of primary amides is 1. The Morgan fingerprint density at radius 2 is 1.51 bits per heavy atom. The molecule has 0 aliphatic carbocycles. The molecule has 2 amide bonds. The Morgan fingerprint density at radius 1 is 0.884 bits per heavy atom. The van der Waals surface area contributed by atoms with Crippen molar-refractivity contribution in [3.8, 4) is 11.8 Å². The van der Waals surface area contributed by atoms with Crippen LogP contribution in [0.15, 0.2) is 109 Å². The molecule has 0 spiro atoms. The number of aryl methyl sites for hydroxylation is 1. The molecule has 8 heteroatoms. The van der Waals surface area contributed by atoms with Crippen LogP contribution in [-0.4, -0.2) is 46.5 Å². The van der Waals surface area contributed by atoms with E-state index in [1.54, 1.807) is 12.1 Å². The molecule has 218 valence electrons. The molecular formula is C35H33N3O5. The molecule has 2 atom stereocenters. The maximum atomic E-state index is 14.7. The second-order valence-corrected chi connectivity index (χ2v) is 10.2. The molecule has 0 bridgehead atoms. The molecule has 0 aliphatic rings. The number of carboxylic acids is 1. The zero-order chi connectivity index (χ0) is 30.8. The maximum Gasteiger partial charge on any atom is 0.335 e. The lowest BCUT2D eigenvalue weighted by Gasteiger charge is -2.36. The Labute approximate surface area is 251 Å². The van der Waals surface area contributed by atoms with Gasteiger partial charge in [0.15, 0.2) is 0 Å². The Morgan fingerprint density at radius 3 is 2.07 bits per heavy atom. The Bertz CT molecular complexity index is 1560. The molecule has 0 saturated heterocycles. The van der Waals surface area contributed by atoms with E-state index in [4.69, 9.17) is 10.5 Å². The highest BCUT2D eigenvalue weighted by atomic mass is 16.5. The highest BCUT2D eigenvalue weighted by Gasteiger charge is 2.39. The quantitative estimate of drug-likeness (QED) is 0.228. The van der Waals surface area contributed by atoms with E-state index in [1.165, 1.54) is 17.0 Å². The first kappa shape index (κ1) is 30.5. The third-order valence-electron chi connectivity index (χ3n) is 7.17. The minimum atomic E-state index is -1.12. The van der Waals surface area contributed by atoms with Crippen LogP contribution in [0, 0.1) is 18.3 Å². The lowest BCUT2D eigenvalue weighted by atomic mass is 9.88. The SMILES string of the molecule is Cc1cccc(C[C@@H](C(N)=O)N(C(=O)C(c2ccccc2)c2ccccc2)C(C#N)CCOc2cccc(C(=O)O)c2)c1. The number of rotatable bonds is 13. The van der Waals surface area contributed by atoms with Crippen molar-refractivity contribution >= 4 is 17.8 Å². The third-order valence-corrected chi connectivity index (χ3v) is 7.17. The summed E-state index contributed by atoms with van der Waals surface area (Å²) in [5.74, 6) is -2.75. The summed E-state index contributed by atoms with van der Waals surface area (Å²) in [6.45, 7) is 1.92. The summed E-state index contributed by atoms with van der Waals surface area (Å²) in [4.78, 5) is 40.4. The summed E-state index contributed by atoms with van der Waals surface area (Å²) < 4.78 is 5.79. The zero-order valence-corrected chi connectivity index (χ0v) is 23.8. The first-order valence-corrected chi connectivity index (χ1v) is 13.9. The molecule has 8 nitrogen and oxygen atoms in total. The van der Waals surface area contributed by atoms with Gasteiger partial charge in [0.1, 0.15) is 17.8 Å². The standard InChI is InChI=1S/C35H33N3O5/c1-24-10-8-11-25(20-24)21-31(33(37)39)38(29(23-36)18-19-43-30-17-9-16-28(22-30)35(41)42)34(40)32(26-12-4-2-5-13-26)27-14-6-3-7-15-27/h2-17,20,22,29,31-32H,18-19,21H2,1H3,(H2,37,39)(H,41,42)/t29?,31-/m0/s1. The summed E-state index contributed by atoms with van der Waals surface area (Å²) in [7, 11) is 0. The second kappa shape index (κ2) is 14.5. The van der Waals surface area contributed by atoms with Crippen LogP contribution in [-0.2, 0) is 16.0 Å². The van der Waals surface area contributed by atoms with Crippen molar-refractivity contribution < 1.29 is 24.2 Å². The van der Waals surface area contributed by atoms with Gasteiger partial charge in [-0.25, -0.2) is 4.79 Å². The molecule has 0 radical (unpaired) electrons. The van der Waals surface area contributed by atoms with Crippen molar-refractivity contribution in [2.24, 2.45) is 5.73 Å². The summed E-state index contributed by atoms with van der Waals surface area (Å²) in [5.41, 5.74) is 9.23. The van der Waals surface area contributed by atoms with Crippen LogP contribution in [0.3, 0.4) is 0 Å². The van der Waals surface area contributed by atoms with Crippen molar-refractivity contribution in [2.75, 3.05) is 6.61 Å². The van der Waals surface area contributed by atoms with Gasteiger partial charge < -0.3 is 20.5 Å². The number of aromatic carboxylic acids is 1. The van der Waals surface area contributed by atoms with E-state index in [2.05, 4.69) is 6.07 Å². The minimum absolute atomic E-state index is 0.0116. The van der Waals surface area contributed by atoms with Gasteiger partial charge in [-0.05, 0) is 41.8 Å². The summed E-state index contributed by atoms with van der Waals surface area (Å²) in [6.07, 6.45) is 0.173. The van der Waals surface area contributed by atoms with Gasteiger partial charge in [-0.1, -0.05) is 96.6 Å². The predicted molar refractivity (Wildman–Crippen MR) is 162 cm³/mol. The largest absolute Gasteiger partial charge is 0.493 e. The van der Waals surface area contributed by atoms with E-state index in [0.717, 1.165) is 11.1 Å². The fourth-order valence-corrected chi connectivity index (χ4v) is 5.11. The molecule has 0 heterocycles. The van der Waals surface area contributed by atoms with E-state index in [1.807, 2.05) is 91.9 Å². The van der Waals surface area contributed by atoms with Gasteiger partial charge in [0.2, 0.25) is 11.8 Å². The summed E-state index contributed by atoms with van der Waals surface area (Å²) in [5, 5.41) is 19.7. The van der Waals surface area contributed by atoms with Gasteiger partial charge in [-0.3, -0.25) is 9.59 Å². The van der Waals surface area contributed by atoms with Crippen molar-refractivity contribution in [3.63, 3.8) is 0 Å². The van der Waals surface area contributed by atoms with Crippen molar-refractivity contribution in [3.05, 3.63) is 137 Å². The number of amides is 2. The molecule has 1 unspecified atom stereocenters. The van der Waals surface area contributed by atoms with Crippen molar-refractivity contribution in [1.29, 1.82) is 5.26 Å². The number of carboxylic acid groups (broad SMARTS) is 1. The predicted octanol–water partition coefficient (Wildman–Crippen LogP) is 5.11. The average Bonchev–Trinajstić information content (AvgIpc) is 3.01. The van der Waals surface area contributed by atoms with E-state index >= 15 is 0 Å². The molecular weight excluding hydrogens is 542 g/mol. The number of nitrogens with zero attached hydrogens (tertiary/aromatic N) is 2. The molecule has 0 fully saturated rings. The first-order chi connectivity index (χ1) is 20.8. The van der Waals surface area contributed by atoms with Crippen molar-refractivity contribution in [2.45, 2.75) is 37.8 Å². The van der Waals surface area contributed by atoms with Gasteiger partial charge in [-0.2, -0.15) is 5.26 Å². The van der Waals surface area contributed by atoms with Crippen LogP contribution in [0.5, 0.6) is 5.75 Å². The lowest BCUT2D eigenvalue weighted by Crippen LogP contribution is -2.55. The monoisotopic (exact) mass is 575 g/mol. The van der Waals surface area contributed by atoms with Gasteiger partial charge in [0.25, 0.3) is 0 Å². The van der Waals surface area contributed by atoms with Gasteiger partial charge in [0.05, 0.1) is 24.2 Å². The summed E-state index contributed by atoms with van der Waals surface area (Å²) in [6, 6.07) is 32.0. The number of benzene rings is 4. The fourth-order valence-electron chi connectivity index (χ4n) is 5.11. The van der Waals surface area contributed by atoms with Crippen LogP contribution in [0.2, 0.25) is 0 Å². The molecule has 43 heavy (non-hydrogen) atoms. The first-order valence-electron chi connectivity index (χ1n) is 13.9. The van der Waals surface area contributed by atoms with Gasteiger partial charge in [0, 0.05) is 12.8 Å². The maximum absolute atomic E-state index is 14.7. The van der Waals surface area contributed by atoms with Gasteiger partial charge >= 0.3 is 5.97 Å². The Hall–Kier alpha value is -5.42. The van der Waals surface area contributed by atoms with Crippen LogP contribution >= 0.6 is 0 Å². The summed E-state index contributed by atoms with van der Waals surface area (Å²) >= 11 is 0. The van der Waals surface area contributed by atoms with Crippen LogP contribution in [0.25, 0.3) is 0 Å². The number of nitriles is 1. The van der Waals surface area contributed by atoms with Gasteiger partial charge in [-0.15, -0.1) is 0 Å². The van der Waals surface area contributed by atoms with E-state index < -0.39 is 35.8 Å². The molecule has 0 saturated carbocycles. The highest BCUT2D eigenvalue weighted by Crippen LogP contribution is 2.30. The molecule has 3 N–H and O–H groups in total. The number of hydrogen-bond acceptors (Lipinski definition) is 5. The number of ether oxygens (including phenoxy) is 1. The number of carbonyl (C=O) groups is 3. The topological polar surface area (TPSA) is 134 Å². The molecule has 4 rings (SSSR count). The average molecular weight is 576 g/mol. The Balaban J connectivity index is 1.73. The molecule has 0 aliphatic heterocycles. The molecule has 0 aromatic heterocycles. The number of hydrogen-bond donors (Lipinski definition) is 2. The molecule has 4 aromatic carbocycles. The number of nitrogens with two attached hydrogens (primary N) is 1. The smallest absolute Gasteiger partial charge is 0.335 e. The van der Waals surface area contributed by atoms with Crippen molar-refractivity contribution in [1.82, 2.24) is 4.90 Å². The zero-order valence-electron chi connectivity index (χ0n) is 23.8. The Kier molecular flexibility index (Phi) is 10.3. The lowest BCUT2D eigenvalue weighted by molar-refractivity contribution is -0.141. The van der Waals surface area contributed by atoms with E-state index in [-0.39, 0.29) is 25.0 Å². The highest BCUT2D eigenvalue weighted by molar-refractivity contribution is 5.92. The van der Waals surface area contributed by atoms with Crippen LogP contribution in [0.4, 0.5) is 0 Å². The molecule has 4 aromatic rings. The van der Waals surface area contributed by atoms with E-state index in [9.17, 15) is 24.8 Å². The normalized spacial score (nSPS) is 12.1.